The van der Waals surface area contributed by atoms with Gasteiger partial charge in [-0.2, -0.15) is 4.98 Å². The van der Waals surface area contributed by atoms with Crippen molar-refractivity contribution < 1.29 is 9.26 Å². The summed E-state index contributed by atoms with van der Waals surface area (Å²) >= 11 is 0. The summed E-state index contributed by atoms with van der Waals surface area (Å²) in [5.74, 6) is 1.86. The second-order valence-electron chi connectivity index (χ2n) is 5.23. The highest BCUT2D eigenvalue weighted by Crippen LogP contribution is 2.31. The third-order valence-corrected chi connectivity index (χ3v) is 3.81. The maximum atomic E-state index is 5.46. The quantitative estimate of drug-likeness (QED) is 0.846. The molecule has 0 spiro atoms. The van der Waals surface area contributed by atoms with E-state index < -0.39 is 0 Å². The lowest BCUT2D eigenvalue weighted by atomic mass is 9.99. The van der Waals surface area contributed by atoms with Gasteiger partial charge in [0.2, 0.25) is 5.89 Å². The van der Waals surface area contributed by atoms with Crippen LogP contribution in [0.25, 0.3) is 0 Å². The average Bonchev–Trinajstić information content (AvgIpc) is 2.99. The summed E-state index contributed by atoms with van der Waals surface area (Å²) in [6, 6.07) is 0. The van der Waals surface area contributed by atoms with Crippen LogP contribution in [0.3, 0.4) is 0 Å². The van der Waals surface area contributed by atoms with E-state index in [0.29, 0.717) is 5.92 Å². The predicted octanol–water partition coefficient (Wildman–Crippen LogP) is 1.56. The van der Waals surface area contributed by atoms with Crippen LogP contribution >= 0.6 is 0 Å². The van der Waals surface area contributed by atoms with E-state index in [1.807, 2.05) is 0 Å². The van der Waals surface area contributed by atoms with Crippen molar-refractivity contribution in [1.82, 2.24) is 15.5 Å². The van der Waals surface area contributed by atoms with Gasteiger partial charge in [0.1, 0.15) is 0 Å². The minimum Gasteiger partial charge on any atom is -0.381 e. The number of nitrogens with zero attached hydrogens (tertiary/aromatic N) is 2. The maximum absolute atomic E-state index is 5.46. The standard InChI is InChI=1S/C12H19N3O2/c1-12(5-3-6-13-12)11-14-10(15-17-11)9-4-2-7-16-8-9/h9,13H,2-8H2,1H3. The molecule has 5 heteroatoms. The molecule has 2 saturated heterocycles. The zero-order valence-electron chi connectivity index (χ0n) is 10.2. The van der Waals surface area contributed by atoms with Gasteiger partial charge in [0, 0.05) is 12.5 Å². The van der Waals surface area contributed by atoms with Crippen LogP contribution < -0.4 is 5.32 Å². The van der Waals surface area contributed by atoms with Crippen molar-refractivity contribution in [2.24, 2.45) is 0 Å². The summed E-state index contributed by atoms with van der Waals surface area (Å²) in [7, 11) is 0. The van der Waals surface area contributed by atoms with Crippen molar-refractivity contribution in [3.63, 3.8) is 0 Å². The molecule has 2 atom stereocenters. The fraction of sp³-hybridized carbons (Fsp3) is 0.833. The number of nitrogens with one attached hydrogen (secondary N) is 1. The molecular formula is C12H19N3O2. The van der Waals surface area contributed by atoms with Gasteiger partial charge in [-0.15, -0.1) is 0 Å². The molecule has 0 aliphatic carbocycles. The van der Waals surface area contributed by atoms with Crippen molar-refractivity contribution in [2.45, 2.75) is 44.1 Å². The first-order chi connectivity index (χ1) is 8.28. The average molecular weight is 237 g/mol. The Hall–Kier alpha value is -0.940. The molecule has 17 heavy (non-hydrogen) atoms. The zero-order valence-corrected chi connectivity index (χ0v) is 10.2. The van der Waals surface area contributed by atoms with E-state index in [0.717, 1.165) is 50.7 Å². The van der Waals surface area contributed by atoms with Gasteiger partial charge in [-0.05, 0) is 39.2 Å². The fourth-order valence-electron chi connectivity index (χ4n) is 2.65. The Kier molecular flexibility index (Phi) is 2.88. The van der Waals surface area contributed by atoms with Crippen LogP contribution in [-0.4, -0.2) is 29.9 Å². The first kappa shape index (κ1) is 11.2. The molecule has 2 unspecified atom stereocenters. The molecule has 2 fully saturated rings. The molecule has 0 amide bonds. The summed E-state index contributed by atoms with van der Waals surface area (Å²) in [6.45, 7) is 4.75. The number of rotatable bonds is 2. The van der Waals surface area contributed by atoms with E-state index in [9.17, 15) is 0 Å². The van der Waals surface area contributed by atoms with E-state index in [1.165, 1.54) is 6.42 Å². The van der Waals surface area contributed by atoms with Gasteiger partial charge in [0.05, 0.1) is 12.1 Å². The van der Waals surface area contributed by atoms with E-state index >= 15 is 0 Å². The maximum Gasteiger partial charge on any atom is 0.246 e. The number of hydrogen-bond acceptors (Lipinski definition) is 5. The number of hydrogen-bond donors (Lipinski definition) is 1. The Balaban J connectivity index is 1.77. The third kappa shape index (κ3) is 2.09. The van der Waals surface area contributed by atoms with Crippen LogP contribution in [0.15, 0.2) is 4.52 Å². The van der Waals surface area contributed by atoms with Gasteiger partial charge in [-0.3, -0.25) is 0 Å². The van der Waals surface area contributed by atoms with E-state index in [1.54, 1.807) is 0 Å². The van der Waals surface area contributed by atoms with Crippen LogP contribution in [0.5, 0.6) is 0 Å². The van der Waals surface area contributed by atoms with Crippen LogP contribution in [0.1, 0.15) is 50.2 Å². The van der Waals surface area contributed by atoms with Gasteiger partial charge in [0.25, 0.3) is 0 Å². The monoisotopic (exact) mass is 237 g/mol. The molecular weight excluding hydrogens is 218 g/mol. The van der Waals surface area contributed by atoms with Crippen LogP contribution in [0.4, 0.5) is 0 Å². The molecule has 0 aromatic carbocycles. The highest BCUT2D eigenvalue weighted by molar-refractivity contribution is 5.06. The smallest absolute Gasteiger partial charge is 0.246 e. The Morgan fingerprint density at radius 3 is 3.06 bits per heavy atom. The van der Waals surface area contributed by atoms with Gasteiger partial charge in [0.15, 0.2) is 5.82 Å². The minimum absolute atomic E-state index is 0.124. The van der Waals surface area contributed by atoms with E-state index in [4.69, 9.17) is 9.26 Å². The van der Waals surface area contributed by atoms with Crippen LogP contribution in [0, 0.1) is 0 Å². The van der Waals surface area contributed by atoms with Crippen molar-refractivity contribution in [3.8, 4) is 0 Å². The third-order valence-electron chi connectivity index (χ3n) is 3.81. The van der Waals surface area contributed by atoms with E-state index in [-0.39, 0.29) is 5.54 Å². The first-order valence-electron chi connectivity index (χ1n) is 6.45. The van der Waals surface area contributed by atoms with Gasteiger partial charge in [-0.1, -0.05) is 5.16 Å². The highest BCUT2D eigenvalue weighted by Gasteiger charge is 2.36. The Bertz CT molecular complexity index is 379. The molecule has 0 bridgehead atoms. The lowest BCUT2D eigenvalue weighted by Crippen LogP contribution is -2.33. The predicted molar refractivity (Wildman–Crippen MR) is 61.7 cm³/mol. The first-order valence-corrected chi connectivity index (χ1v) is 6.45. The molecule has 3 heterocycles. The SMILES string of the molecule is CC1(c2nc(C3CCCOC3)no2)CCCN1. The molecule has 0 saturated carbocycles. The van der Waals surface area contributed by atoms with Crippen molar-refractivity contribution in [3.05, 3.63) is 11.7 Å². The zero-order chi connectivity index (χ0) is 11.7. The lowest BCUT2D eigenvalue weighted by Gasteiger charge is -2.19. The second kappa shape index (κ2) is 4.38. The van der Waals surface area contributed by atoms with Crippen molar-refractivity contribution in [2.75, 3.05) is 19.8 Å². The lowest BCUT2D eigenvalue weighted by molar-refractivity contribution is 0.0773. The van der Waals surface area contributed by atoms with Crippen LogP contribution in [-0.2, 0) is 10.3 Å². The number of ether oxygens (including phenoxy) is 1. The molecule has 2 aliphatic rings. The van der Waals surface area contributed by atoms with Gasteiger partial charge < -0.3 is 14.6 Å². The molecule has 2 aliphatic heterocycles. The van der Waals surface area contributed by atoms with Gasteiger partial charge in [-0.25, -0.2) is 0 Å². The summed E-state index contributed by atoms with van der Waals surface area (Å²) in [4.78, 5) is 4.57. The Labute approximate surface area is 101 Å². The normalized spacial score (nSPS) is 34.1. The molecule has 1 N–H and O–H groups in total. The summed E-state index contributed by atoms with van der Waals surface area (Å²) in [5, 5.41) is 7.56. The Morgan fingerprint density at radius 2 is 2.35 bits per heavy atom. The molecule has 1 aromatic heterocycles. The molecule has 94 valence electrons. The van der Waals surface area contributed by atoms with Crippen molar-refractivity contribution in [1.29, 1.82) is 0 Å². The van der Waals surface area contributed by atoms with Crippen molar-refractivity contribution >= 4 is 0 Å². The van der Waals surface area contributed by atoms with Gasteiger partial charge >= 0.3 is 0 Å². The fourth-order valence-corrected chi connectivity index (χ4v) is 2.65. The number of aromatic nitrogens is 2. The topological polar surface area (TPSA) is 60.2 Å². The molecule has 1 aromatic rings. The van der Waals surface area contributed by atoms with E-state index in [2.05, 4.69) is 22.4 Å². The summed E-state index contributed by atoms with van der Waals surface area (Å²) < 4.78 is 10.9. The summed E-state index contributed by atoms with van der Waals surface area (Å²) in [5.41, 5.74) is -0.124. The molecule has 5 nitrogen and oxygen atoms in total. The second-order valence-corrected chi connectivity index (χ2v) is 5.23. The van der Waals surface area contributed by atoms with Crippen LogP contribution in [0.2, 0.25) is 0 Å². The molecule has 3 rings (SSSR count). The Morgan fingerprint density at radius 1 is 1.41 bits per heavy atom. The summed E-state index contributed by atoms with van der Waals surface area (Å²) in [6.07, 6.45) is 4.42. The minimum atomic E-state index is -0.124. The molecule has 0 radical (unpaired) electrons. The largest absolute Gasteiger partial charge is 0.381 e. The highest BCUT2D eigenvalue weighted by atomic mass is 16.5.